The smallest absolute Gasteiger partial charge is 0.0887 e. The van der Waals surface area contributed by atoms with Crippen LogP contribution in [0.5, 0.6) is 0 Å². The van der Waals surface area contributed by atoms with Crippen molar-refractivity contribution in [2.24, 2.45) is 22.7 Å². The Labute approximate surface area is 155 Å². The highest BCUT2D eigenvalue weighted by Crippen LogP contribution is 2.59. The van der Waals surface area contributed by atoms with Crippen LogP contribution in [0.3, 0.4) is 0 Å². The van der Waals surface area contributed by atoms with Gasteiger partial charge in [0.1, 0.15) is 0 Å². The van der Waals surface area contributed by atoms with Gasteiger partial charge in [0.15, 0.2) is 0 Å². The Morgan fingerprint density at radius 2 is 1.54 bits per heavy atom. The minimum absolute atomic E-state index is 0.0702. The van der Waals surface area contributed by atoms with Gasteiger partial charge in [-0.3, -0.25) is 15.0 Å². The van der Waals surface area contributed by atoms with E-state index >= 15 is 0 Å². The third-order valence-corrected chi connectivity index (χ3v) is 7.46. The fourth-order valence-corrected chi connectivity index (χ4v) is 5.81. The SMILES string of the molecule is CC(C)C12CN3CC(C(C)C)(CN(C1)C3c1cccc(N([O-])O)c1)C2O. The molecule has 2 N–H and O–H groups in total. The number of hydrogen-bond donors (Lipinski definition) is 2. The first-order chi connectivity index (χ1) is 12.2. The van der Waals surface area contributed by atoms with Crippen molar-refractivity contribution in [3.05, 3.63) is 35.0 Å². The molecule has 6 heteroatoms. The van der Waals surface area contributed by atoms with E-state index in [1.165, 1.54) is 0 Å². The molecule has 0 atom stereocenters. The van der Waals surface area contributed by atoms with Gasteiger partial charge < -0.3 is 15.5 Å². The van der Waals surface area contributed by atoms with Crippen molar-refractivity contribution in [1.29, 1.82) is 0 Å². The molecular formula is C20H30N3O3-. The number of benzene rings is 1. The van der Waals surface area contributed by atoms with Crippen LogP contribution in [0.1, 0.15) is 39.4 Å². The minimum atomic E-state index is -0.288. The summed E-state index contributed by atoms with van der Waals surface area (Å²) in [4.78, 5) is 4.96. The Balaban J connectivity index is 1.75. The van der Waals surface area contributed by atoms with E-state index in [2.05, 4.69) is 37.5 Å². The van der Waals surface area contributed by atoms with E-state index in [-0.39, 0.29) is 34.0 Å². The third kappa shape index (κ3) is 2.29. The van der Waals surface area contributed by atoms with Gasteiger partial charge in [-0.25, -0.2) is 0 Å². The molecule has 26 heavy (non-hydrogen) atoms. The second kappa shape index (κ2) is 5.91. The fraction of sp³-hybridized carbons (Fsp3) is 0.700. The number of hydrogen-bond acceptors (Lipinski definition) is 6. The molecule has 4 aliphatic heterocycles. The van der Waals surface area contributed by atoms with E-state index in [0.29, 0.717) is 11.8 Å². The first-order valence-corrected chi connectivity index (χ1v) is 9.63. The number of piperidine rings is 2. The summed E-state index contributed by atoms with van der Waals surface area (Å²) in [5, 5.41) is 31.9. The molecule has 6 nitrogen and oxygen atoms in total. The predicted octanol–water partition coefficient (Wildman–Crippen LogP) is 2.67. The molecule has 144 valence electrons. The summed E-state index contributed by atoms with van der Waals surface area (Å²) in [5.74, 6) is 0.783. The highest BCUT2D eigenvalue weighted by atomic mass is 16.8. The average molecular weight is 360 g/mol. The van der Waals surface area contributed by atoms with E-state index in [4.69, 9.17) is 0 Å². The van der Waals surface area contributed by atoms with Crippen LogP contribution in [0, 0.1) is 27.9 Å². The molecule has 0 saturated carbocycles. The molecule has 4 fully saturated rings. The number of nitrogens with zero attached hydrogens (tertiary/aromatic N) is 3. The van der Waals surface area contributed by atoms with Gasteiger partial charge in [0.05, 0.1) is 18.0 Å². The highest BCUT2D eigenvalue weighted by Gasteiger charge is 2.66. The molecule has 0 aliphatic carbocycles. The third-order valence-electron chi connectivity index (χ3n) is 7.46. The normalized spacial score (nSPS) is 41.3. The maximum atomic E-state index is 11.4. The van der Waals surface area contributed by atoms with E-state index < -0.39 is 0 Å². The lowest BCUT2D eigenvalue weighted by molar-refractivity contribution is -0.287. The Kier molecular flexibility index (Phi) is 4.13. The summed E-state index contributed by atoms with van der Waals surface area (Å²) in [6.07, 6.45) is -0.189. The zero-order chi connectivity index (χ0) is 18.9. The molecule has 1 aromatic rings. The Bertz CT molecular complexity index is 647. The van der Waals surface area contributed by atoms with Crippen LogP contribution in [-0.2, 0) is 0 Å². The van der Waals surface area contributed by atoms with Crippen molar-refractivity contribution in [3.8, 4) is 0 Å². The number of anilines is 1. The van der Waals surface area contributed by atoms with E-state index in [1.54, 1.807) is 12.1 Å². The van der Waals surface area contributed by atoms with Gasteiger partial charge >= 0.3 is 0 Å². The molecule has 5 rings (SSSR count). The van der Waals surface area contributed by atoms with Crippen molar-refractivity contribution < 1.29 is 10.3 Å². The van der Waals surface area contributed by atoms with Crippen LogP contribution in [0.4, 0.5) is 5.69 Å². The number of aliphatic hydroxyl groups is 1. The van der Waals surface area contributed by atoms with Gasteiger partial charge in [0, 0.05) is 37.0 Å². The lowest BCUT2D eigenvalue weighted by atomic mass is 9.52. The topological polar surface area (TPSA) is 73.2 Å². The van der Waals surface area contributed by atoms with Gasteiger partial charge in [-0.05, 0) is 29.5 Å². The predicted molar refractivity (Wildman–Crippen MR) is 101 cm³/mol. The maximum Gasteiger partial charge on any atom is 0.0887 e. The van der Waals surface area contributed by atoms with Crippen LogP contribution in [0.2, 0.25) is 0 Å². The first-order valence-electron chi connectivity index (χ1n) is 9.63. The molecule has 0 amide bonds. The monoisotopic (exact) mass is 360 g/mol. The Morgan fingerprint density at radius 1 is 1.04 bits per heavy atom. The number of aliphatic hydroxyl groups excluding tert-OH is 1. The molecule has 4 saturated heterocycles. The summed E-state index contributed by atoms with van der Waals surface area (Å²) < 4.78 is 0. The van der Waals surface area contributed by atoms with Crippen LogP contribution in [0.15, 0.2) is 24.3 Å². The molecule has 1 aromatic carbocycles. The number of rotatable bonds is 4. The van der Waals surface area contributed by atoms with E-state index in [0.717, 1.165) is 31.7 Å². The minimum Gasteiger partial charge on any atom is -0.733 e. The van der Waals surface area contributed by atoms with Gasteiger partial charge in [0.25, 0.3) is 0 Å². The van der Waals surface area contributed by atoms with Crippen molar-refractivity contribution in [2.45, 2.75) is 40.0 Å². The van der Waals surface area contributed by atoms with Gasteiger partial charge in [-0.2, -0.15) is 0 Å². The zero-order valence-electron chi connectivity index (χ0n) is 16.1. The lowest BCUT2D eigenvalue weighted by Crippen LogP contribution is -2.80. The van der Waals surface area contributed by atoms with Crippen LogP contribution in [0.25, 0.3) is 0 Å². The van der Waals surface area contributed by atoms with Gasteiger partial charge in [-0.1, -0.05) is 39.8 Å². The van der Waals surface area contributed by atoms with Crippen molar-refractivity contribution in [1.82, 2.24) is 9.80 Å². The van der Waals surface area contributed by atoms with Gasteiger partial charge in [-0.15, -0.1) is 0 Å². The van der Waals surface area contributed by atoms with E-state index in [1.807, 2.05) is 12.1 Å². The van der Waals surface area contributed by atoms with Crippen molar-refractivity contribution >= 4 is 5.69 Å². The average Bonchev–Trinajstić information content (AvgIpc) is 2.58. The standard InChI is InChI=1S/C20H30N3O3/c1-13(2)19-9-21-11-20(14(3)4,18(19)24)12-22(10-19)17(21)15-6-5-7-16(8-15)23(25)26/h5-8,13-14,17-18,24-25H,9-12H2,1-4H3/q-1. The molecule has 0 unspecified atom stereocenters. The second-order valence-electron chi connectivity index (χ2n) is 9.23. The first kappa shape index (κ1) is 18.2. The summed E-state index contributed by atoms with van der Waals surface area (Å²) in [7, 11) is 0. The quantitative estimate of drug-likeness (QED) is 0.804. The molecule has 4 heterocycles. The molecule has 4 bridgehead atoms. The Morgan fingerprint density at radius 3 is 1.96 bits per heavy atom. The van der Waals surface area contributed by atoms with Crippen molar-refractivity contribution in [3.63, 3.8) is 0 Å². The van der Waals surface area contributed by atoms with Gasteiger partial charge in [0.2, 0.25) is 0 Å². The molecule has 0 aromatic heterocycles. The summed E-state index contributed by atoms with van der Waals surface area (Å²) >= 11 is 0. The molecule has 0 spiro atoms. The zero-order valence-corrected chi connectivity index (χ0v) is 16.1. The van der Waals surface area contributed by atoms with Crippen molar-refractivity contribution in [2.75, 3.05) is 31.4 Å². The van der Waals surface area contributed by atoms with Crippen LogP contribution in [-0.4, -0.2) is 52.4 Å². The molecule has 4 aliphatic rings. The second-order valence-corrected chi connectivity index (χ2v) is 9.23. The lowest BCUT2D eigenvalue weighted by Gasteiger charge is -2.71. The van der Waals surface area contributed by atoms with E-state index in [9.17, 15) is 15.5 Å². The summed E-state index contributed by atoms with van der Waals surface area (Å²) in [6.45, 7) is 12.4. The molecular weight excluding hydrogens is 330 g/mol. The molecule has 0 radical (unpaired) electrons. The maximum absolute atomic E-state index is 11.4. The summed E-state index contributed by atoms with van der Waals surface area (Å²) in [5.41, 5.74) is 1.06. The Hall–Kier alpha value is -1.18. The highest BCUT2D eigenvalue weighted by molar-refractivity contribution is 5.47. The summed E-state index contributed by atoms with van der Waals surface area (Å²) in [6, 6.07) is 7.25. The fourth-order valence-electron chi connectivity index (χ4n) is 5.81. The van der Waals surface area contributed by atoms with Crippen LogP contribution < -0.4 is 5.23 Å². The van der Waals surface area contributed by atoms with Crippen LogP contribution >= 0.6 is 0 Å². The largest absolute Gasteiger partial charge is 0.733 e.